The van der Waals surface area contributed by atoms with Gasteiger partial charge < -0.3 is 14.8 Å². The minimum absolute atomic E-state index is 0.0441. The van der Waals surface area contributed by atoms with Crippen molar-refractivity contribution in [2.75, 3.05) is 27.4 Å². The number of carbonyl (C=O) groups is 1. The first-order chi connectivity index (χ1) is 5.20. The second-order valence-electron chi connectivity index (χ2n) is 2.36. The van der Waals surface area contributed by atoms with E-state index in [0.717, 1.165) is 0 Å². The highest BCUT2D eigenvalue weighted by Gasteiger charge is 2.04. The van der Waals surface area contributed by atoms with Crippen LogP contribution >= 0.6 is 0 Å². The lowest BCUT2D eigenvalue weighted by Gasteiger charge is -2.11. The molecule has 0 aromatic rings. The molecule has 0 aliphatic heterocycles. The van der Waals surface area contributed by atoms with Crippen molar-refractivity contribution in [3.05, 3.63) is 0 Å². The van der Waals surface area contributed by atoms with Crippen molar-refractivity contribution in [2.45, 2.75) is 13.0 Å². The van der Waals surface area contributed by atoms with E-state index in [1.165, 1.54) is 7.11 Å². The van der Waals surface area contributed by atoms with Crippen molar-refractivity contribution in [3.63, 3.8) is 0 Å². The summed E-state index contributed by atoms with van der Waals surface area (Å²) in [6, 6.07) is 0.0441. The van der Waals surface area contributed by atoms with Gasteiger partial charge in [0.1, 0.15) is 6.61 Å². The first-order valence-electron chi connectivity index (χ1n) is 3.48. The van der Waals surface area contributed by atoms with Crippen molar-refractivity contribution in [2.24, 2.45) is 0 Å². The van der Waals surface area contributed by atoms with Crippen LogP contribution in [0.25, 0.3) is 0 Å². The van der Waals surface area contributed by atoms with Crippen LogP contribution in [-0.4, -0.2) is 39.4 Å². The SMILES string of the molecule is COCC(=O)N[C@@H](C)COC. The average Bonchev–Trinajstić information content (AvgIpc) is 1.87. The summed E-state index contributed by atoms with van der Waals surface area (Å²) in [5, 5.41) is 2.69. The van der Waals surface area contributed by atoms with Crippen LogP contribution in [0.2, 0.25) is 0 Å². The molecule has 0 aliphatic carbocycles. The third-order valence-corrected chi connectivity index (χ3v) is 1.10. The molecule has 1 N–H and O–H groups in total. The fraction of sp³-hybridized carbons (Fsp3) is 0.857. The van der Waals surface area contributed by atoms with Gasteiger partial charge in [-0.25, -0.2) is 0 Å². The lowest BCUT2D eigenvalue weighted by atomic mass is 10.3. The third-order valence-electron chi connectivity index (χ3n) is 1.10. The molecule has 0 spiro atoms. The molecule has 4 nitrogen and oxygen atoms in total. The molecular weight excluding hydrogens is 146 g/mol. The highest BCUT2D eigenvalue weighted by atomic mass is 16.5. The monoisotopic (exact) mass is 161 g/mol. The largest absolute Gasteiger partial charge is 0.383 e. The smallest absolute Gasteiger partial charge is 0.246 e. The minimum atomic E-state index is -0.114. The third kappa shape index (κ3) is 5.82. The number of hydrogen-bond acceptors (Lipinski definition) is 3. The van der Waals surface area contributed by atoms with E-state index in [1.807, 2.05) is 6.92 Å². The highest BCUT2D eigenvalue weighted by molar-refractivity contribution is 5.77. The van der Waals surface area contributed by atoms with E-state index in [2.05, 4.69) is 10.1 Å². The lowest BCUT2D eigenvalue weighted by Crippen LogP contribution is -2.37. The van der Waals surface area contributed by atoms with Gasteiger partial charge in [0, 0.05) is 20.3 Å². The summed E-state index contributed by atoms with van der Waals surface area (Å²) in [7, 11) is 3.08. The van der Waals surface area contributed by atoms with Gasteiger partial charge in [-0.15, -0.1) is 0 Å². The molecule has 0 aliphatic rings. The standard InChI is InChI=1S/C7H15NO3/c1-6(4-10-2)8-7(9)5-11-3/h6H,4-5H2,1-3H3,(H,8,9)/t6-/m0/s1. The van der Waals surface area contributed by atoms with Crippen LogP contribution in [0.5, 0.6) is 0 Å². The second kappa shape index (κ2) is 6.12. The first kappa shape index (κ1) is 10.4. The van der Waals surface area contributed by atoms with Crippen LogP contribution in [0, 0.1) is 0 Å². The minimum Gasteiger partial charge on any atom is -0.383 e. The van der Waals surface area contributed by atoms with E-state index in [4.69, 9.17) is 4.74 Å². The Morgan fingerprint density at radius 3 is 2.55 bits per heavy atom. The number of nitrogens with one attached hydrogen (secondary N) is 1. The Labute approximate surface area is 66.9 Å². The van der Waals surface area contributed by atoms with E-state index in [-0.39, 0.29) is 18.6 Å². The number of hydrogen-bond donors (Lipinski definition) is 1. The fourth-order valence-electron chi connectivity index (χ4n) is 0.739. The zero-order chi connectivity index (χ0) is 8.69. The van der Waals surface area contributed by atoms with Gasteiger partial charge in [0.05, 0.1) is 6.61 Å². The van der Waals surface area contributed by atoms with Crippen molar-refractivity contribution in [1.82, 2.24) is 5.32 Å². The summed E-state index contributed by atoms with van der Waals surface area (Å²) < 4.78 is 9.46. The van der Waals surface area contributed by atoms with Gasteiger partial charge in [0.2, 0.25) is 5.91 Å². The number of carbonyl (C=O) groups excluding carboxylic acids is 1. The maximum Gasteiger partial charge on any atom is 0.246 e. The Balaban J connectivity index is 3.40. The molecule has 0 heterocycles. The van der Waals surface area contributed by atoms with Crippen molar-refractivity contribution >= 4 is 5.91 Å². The summed E-state index contributed by atoms with van der Waals surface area (Å²) in [6.45, 7) is 2.50. The maximum atomic E-state index is 10.8. The van der Waals surface area contributed by atoms with Gasteiger partial charge in [-0.05, 0) is 6.92 Å². The first-order valence-corrected chi connectivity index (χ1v) is 3.48. The molecule has 0 rings (SSSR count). The zero-order valence-electron chi connectivity index (χ0n) is 7.22. The lowest BCUT2D eigenvalue weighted by molar-refractivity contribution is -0.125. The fourth-order valence-corrected chi connectivity index (χ4v) is 0.739. The van der Waals surface area contributed by atoms with Gasteiger partial charge in [-0.2, -0.15) is 0 Å². The number of amides is 1. The van der Waals surface area contributed by atoms with E-state index < -0.39 is 0 Å². The van der Waals surface area contributed by atoms with Gasteiger partial charge in [0.25, 0.3) is 0 Å². The molecule has 0 aromatic carbocycles. The molecule has 4 heteroatoms. The van der Waals surface area contributed by atoms with Crippen LogP contribution in [0.1, 0.15) is 6.92 Å². The topological polar surface area (TPSA) is 47.6 Å². The highest BCUT2D eigenvalue weighted by Crippen LogP contribution is 1.81. The van der Waals surface area contributed by atoms with Crippen LogP contribution in [0.3, 0.4) is 0 Å². The van der Waals surface area contributed by atoms with Gasteiger partial charge in [-0.3, -0.25) is 4.79 Å². The molecule has 0 fully saturated rings. The molecule has 0 unspecified atom stereocenters. The number of rotatable bonds is 5. The molecule has 0 radical (unpaired) electrons. The normalized spacial score (nSPS) is 12.6. The van der Waals surface area contributed by atoms with Gasteiger partial charge >= 0.3 is 0 Å². The molecule has 0 saturated carbocycles. The molecule has 11 heavy (non-hydrogen) atoms. The quantitative estimate of drug-likeness (QED) is 0.606. The second-order valence-corrected chi connectivity index (χ2v) is 2.36. The molecule has 66 valence electrons. The Morgan fingerprint density at radius 1 is 1.45 bits per heavy atom. The van der Waals surface area contributed by atoms with Crippen LogP contribution < -0.4 is 5.32 Å². The van der Waals surface area contributed by atoms with Crippen LogP contribution in [-0.2, 0) is 14.3 Å². The summed E-state index contributed by atoms with van der Waals surface area (Å²) in [4.78, 5) is 10.8. The van der Waals surface area contributed by atoms with Crippen molar-refractivity contribution < 1.29 is 14.3 Å². The number of methoxy groups -OCH3 is 2. The molecular formula is C7H15NO3. The van der Waals surface area contributed by atoms with Crippen molar-refractivity contribution in [1.29, 1.82) is 0 Å². The molecule has 1 amide bonds. The number of ether oxygens (including phenoxy) is 2. The Kier molecular flexibility index (Phi) is 5.78. The van der Waals surface area contributed by atoms with Crippen LogP contribution in [0.4, 0.5) is 0 Å². The van der Waals surface area contributed by atoms with Gasteiger partial charge in [0.15, 0.2) is 0 Å². The van der Waals surface area contributed by atoms with E-state index >= 15 is 0 Å². The molecule has 1 atom stereocenters. The zero-order valence-corrected chi connectivity index (χ0v) is 7.22. The predicted molar refractivity (Wildman–Crippen MR) is 41.4 cm³/mol. The predicted octanol–water partition coefficient (Wildman–Crippen LogP) is -0.216. The summed E-state index contributed by atoms with van der Waals surface area (Å²) >= 11 is 0. The van der Waals surface area contributed by atoms with E-state index in [1.54, 1.807) is 7.11 Å². The Morgan fingerprint density at radius 2 is 2.09 bits per heavy atom. The van der Waals surface area contributed by atoms with E-state index in [0.29, 0.717) is 6.61 Å². The maximum absolute atomic E-state index is 10.8. The Hall–Kier alpha value is -0.610. The molecule has 0 saturated heterocycles. The van der Waals surface area contributed by atoms with E-state index in [9.17, 15) is 4.79 Å². The molecule has 0 aromatic heterocycles. The van der Waals surface area contributed by atoms with Gasteiger partial charge in [-0.1, -0.05) is 0 Å². The summed E-state index contributed by atoms with van der Waals surface area (Å²) in [5.74, 6) is -0.114. The summed E-state index contributed by atoms with van der Waals surface area (Å²) in [6.07, 6.45) is 0. The summed E-state index contributed by atoms with van der Waals surface area (Å²) in [5.41, 5.74) is 0. The average molecular weight is 161 g/mol. The molecule has 0 bridgehead atoms. The van der Waals surface area contributed by atoms with Crippen molar-refractivity contribution in [3.8, 4) is 0 Å². The Bertz CT molecular complexity index is 116. The van der Waals surface area contributed by atoms with Crippen LogP contribution in [0.15, 0.2) is 0 Å².